The van der Waals surface area contributed by atoms with Crippen LogP contribution < -0.4 is 0 Å². The van der Waals surface area contributed by atoms with Crippen LogP contribution in [0.3, 0.4) is 0 Å². The van der Waals surface area contributed by atoms with Crippen LogP contribution >= 0.6 is 0 Å². The molecule has 3 aromatic rings. The second-order valence-electron chi connectivity index (χ2n) is 9.23. The molecule has 1 saturated heterocycles. The first-order chi connectivity index (χ1) is 17.2. The average Bonchev–Trinajstić information content (AvgIpc) is 3.43. The molecule has 5 rings (SSSR count). The van der Waals surface area contributed by atoms with Crippen LogP contribution in [0.2, 0.25) is 0 Å². The Bertz CT molecular complexity index is 1490. The van der Waals surface area contributed by atoms with E-state index in [0.29, 0.717) is 35.7 Å². The molecule has 9 heteroatoms. The number of phenols is 1. The van der Waals surface area contributed by atoms with E-state index in [4.69, 9.17) is 9.72 Å². The van der Waals surface area contributed by atoms with Crippen molar-refractivity contribution in [2.75, 3.05) is 25.2 Å². The fourth-order valence-electron chi connectivity index (χ4n) is 4.87. The zero-order valence-corrected chi connectivity index (χ0v) is 20.6. The van der Waals surface area contributed by atoms with Gasteiger partial charge in [0.15, 0.2) is 16.4 Å². The van der Waals surface area contributed by atoms with E-state index in [1.54, 1.807) is 19.2 Å². The standard InChI is InChI=1S/C27H26N2O6S/c1-29(19-12-13-36(33,34)16-19)24(31)15-35-27(32)25-21-4-2-3-5-23(21)28-26-18(8-11-22(25)26)14-17-6-9-20(30)10-7-17/h2-7,9-10,14,19,30H,8,11-13,15-16H2,1H3/b18-14+. The minimum atomic E-state index is -3.14. The van der Waals surface area contributed by atoms with Crippen molar-refractivity contribution in [3.63, 3.8) is 0 Å². The van der Waals surface area contributed by atoms with Gasteiger partial charge in [-0.2, -0.15) is 0 Å². The summed E-state index contributed by atoms with van der Waals surface area (Å²) in [6.45, 7) is -0.465. The van der Waals surface area contributed by atoms with Crippen molar-refractivity contribution < 1.29 is 27.9 Å². The third-order valence-corrected chi connectivity index (χ3v) is 8.61. The van der Waals surface area contributed by atoms with Gasteiger partial charge in [0.25, 0.3) is 5.91 Å². The van der Waals surface area contributed by atoms with Gasteiger partial charge in [-0.05, 0) is 60.2 Å². The summed E-state index contributed by atoms with van der Waals surface area (Å²) in [5.74, 6) is -0.857. The molecule has 1 aliphatic carbocycles. The molecule has 0 radical (unpaired) electrons. The number of rotatable bonds is 5. The largest absolute Gasteiger partial charge is 0.508 e. The first-order valence-corrected chi connectivity index (χ1v) is 13.6. The summed E-state index contributed by atoms with van der Waals surface area (Å²) in [6.07, 6.45) is 3.68. The average molecular weight is 507 g/mol. The summed E-state index contributed by atoms with van der Waals surface area (Å²) < 4.78 is 29.0. The van der Waals surface area contributed by atoms with E-state index in [1.165, 1.54) is 4.90 Å². The van der Waals surface area contributed by atoms with Gasteiger partial charge in [-0.15, -0.1) is 0 Å². The van der Waals surface area contributed by atoms with E-state index in [1.807, 2.05) is 42.5 Å². The first kappa shape index (κ1) is 24.0. The Morgan fingerprint density at radius 2 is 1.89 bits per heavy atom. The topological polar surface area (TPSA) is 114 Å². The molecule has 0 spiro atoms. The second kappa shape index (κ2) is 9.39. The smallest absolute Gasteiger partial charge is 0.339 e. The van der Waals surface area contributed by atoms with E-state index in [2.05, 4.69) is 0 Å². The number of ether oxygens (including phenoxy) is 1. The maximum atomic E-state index is 13.3. The predicted molar refractivity (Wildman–Crippen MR) is 136 cm³/mol. The van der Waals surface area contributed by atoms with Crippen LogP contribution in [0.1, 0.15) is 40.0 Å². The third-order valence-electron chi connectivity index (χ3n) is 6.86. The van der Waals surface area contributed by atoms with Crippen LogP contribution in [-0.2, 0) is 25.8 Å². The summed E-state index contributed by atoms with van der Waals surface area (Å²) in [5.41, 5.74) is 4.47. The fourth-order valence-corrected chi connectivity index (χ4v) is 6.64. The molecule has 2 aliphatic rings. The molecule has 8 nitrogen and oxygen atoms in total. The molecular weight excluding hydrogens is 480 g/mol. The van der Waals surface area contributed by atoms with Crippen molar-refractivity contribution in [2.45, 2.75) is 25.3 Å². The lowest BCUT2D eigenvalue weighted by Crippen LogP contribution is -2.40. The number of aromatic nitrogens is 1. The van der Waals surface area contributed by atoms with Gasteiger partial charge in [-0.1, -0.05) is 30.3 Å². The SMILES string of the molecule is CN(C(=O)COC(=O)c1c2c(nc3ccccc13)/C(=C/c1ccc(O)cc1)CC2)C1CCS(=O)(=O)C1. The van der Waals surface area contributed by atoms with E-state index < -0.39 is 34.4 Å². The Morgan fingerprint density at radius 3 is 2.61 bits per heavy atom. The Hall–Kier alpha value is -3.72. The van der Waals surface area contributed by atoms with Crippen LogP contribution in [0, 0.1) is 0 Å². The predicted octanol–water partition coefficient (Wildman–Crippen LogP) is 3.23. The van der Waals surface area contributed by atoms with Gasteiger partial charge in [-0.25, -0.2) is 18.2 Å². The molecule has 1 N–H and O–H groups in total. The summed E-state index contributed by atoms with van der Waals surface area (Å²) >= 11 is 0. The molecule has 1 fully saturated rings. The quantitative estimate of drug-likeness (QED) is 0.529. The Kier molecular flexibility index (Phi) is 6.26. The Labute approximate surface area is 209 Å². The number of amides is 1. The fraction of sp³-hybridized carbons (Fsp3) is 0.296. The maximum Gasteiger partial charge on any atom is 0.339 e. The zero-order chi connectivity index (χ0) is 25.4. The molecule has 1 aromatic heterocycles. The number of esters is 1. The lowest BCUT2D eigenvalue weighted by molar-refractivity contribution is -0.134. The number of para-hydroxylation sites is 1. The number of benzene rings is 2. The van der Waals surface area contributed by atoms with Crippen molar-refractivity contribution in [3.8, 4) is 5.75 Å². The van der Waals surface area contributed by atoms with Gasteiger partial charge in [-0.3, -0.25) is 4.79 Å². The van der Waals surface area contributed by atoms with Crippen molar-refractivity contribution >= 4 is 44.3 Å². The Morgan fingerprint density at radius 1 is 1.14 bits per heavy atom. The molecule has 1 amide bonds. The first-order valence-electron chi connectivity index (χ1n) is 11.8. The molecule has 1 unspecified atom stereocenters. The highest BCUT2D eigenvalue weighted by Gasteiger charge is 2.33. The lowest BCUT2D eigenvalue weighted by atomic mass is 10.0. The van der Waals surface area contributed by atoms with E-state index >= 15 is 0 Å². The second-order valence-corrected chi connectivity index (χ2v) is 11.5. The number of likely N-dealkylation sites (N-methyl/N-ethyl adjacent to an activating group) is 1. The number of carbonyl (C=O) groups is 2. The van der Waals surface area contributed by atoms with Crippen molar-refractivity contribution in [1.82, 2.24) is 9.88 Å². The van der Waals surface area contributed by atoms with E-state index in [-0.39, 0.29) is 17.3 Å². The molecule has 1 aliphatic heterocycles. The number of sulfone groups is 1. The van der Waals surface area contributed by atoms with Gasteiger partial charge in [0.2, 0.25) is 0 Å². The molecule has 186 valence electrons. The highest BCUT2D eigenvalue weighted by atomic mass is 32.2. The maximum absolute atomic E-state index is 13.3. The molecular formula is C27H26N2O6S. The van der Waals surface area contributed by atoms with E-state index in [9.17, 15) is 23.1 Å². The van der Waals surface area contributed by atoms with Crippen molar-refractivity contribution in [3.05, 3.63) is 70.9 Å². The molecule has 0 bridgehead atoms. The summed E-state index contributed by atoms with van der Waals surface area (Å²) in [6, 6.07) is 13.8. The van der Waals surface area contributed by atoms with Gasteiger partial charge < -0.3 is 14.7 Å². The monoisotopic (exact) mass is 506 g/mol. The Balaban J connectivity index is 1.42. The highest BCUT2D eigenvalue weighted by molar-refractivity contribution is 7.91. The normalized spacial score (nSPS) is 19.4. The van der Waals surface area contributed by atoms with Crippen LogP contribution in [-0.4, -0.2) is 66.5 Å². The summed E-state index contributed by atoms with van der Waals surface area (Å²) in [4.78, 5) is 32.2. The molecule has 0 saturated carbocycles. The van der Waals surface area contributed by atoms with Gasteiger partial charge in [0.1, 0.15) is 5.75 Å². The number of phenolic OH excluding ortho intramolecular Hbond substituents is 1. The number of nitrogens with zero attached hydrogens (tertiary/aromatic N) is 2. The number of pyridine rings is 1. The van der Waals surface area contributed by atoms with E-state index in [0.717, 1.165) is 22.4 Å². The minimum absolute atomic E-state index is 0.0597. The number of hydrogen-bond donors (Lipinski definition) is 1. The van der Waals surface area contributed by atoms with Crippen LogP contribution in [0.15, 0.2) is 48.5 Å². The summed E-state index contributed by atoms with van der Waals surface area (Å²) in [5, 5.41) is 10.2. The third kappa shape index (κ3) is 4.70. The number of fused-ring (bicyclic) bond motifs is 2. The molecule has 2 heterocycles. The number of aromatic hydroxyl groups is 1. The van der Waals surface area contributed by atoms with Crippen molar-refractivity contribution in [1.29, 1.82) is 0 Å². The van der Waals surface area contributed by atoms with Crippen LogP contribution in [0.4, 0.5) is 0 Å². The van der Waals surface area contributed by atoms with Gasteiger partial charge >= 0.3 is 5.97 Å². The van der Waals surface area contributed by atoms with Gasteiger partial charge in [0.05, 0.1) is 28.3 Å². The highest BCUT2D eigenvalue weighted by Crippen LogP contribution is 2.38. The minimum Gasteiger partial charge on any atom is -0.508 e. The number of allylic oxidation sites excluding steroid dienone is 1. The van der Waals surface area contributed by atoms with Gasteiger partial charge in [0, 0.05) is 18.5 Å². The molecule has 36 heavy (non-hydrogen) atoms. The van der Waals surface area contributed by atoms with Crippen LogP contribution in [0.25, 0.3) is 22.6 Å². The zero-order valence-electron chi connectivity index (χ0n) is 19.8. The molecule has 1 atom stereocenters. The number of hydrogen-bond acceptors (Lipinski definition) is 7. The van der Waals surface area contributed by atoms with Crippen LogP contribution in [0.5, 0.6) is 5.75 Å². The number of carbonyl (C=O) groups excluding carboxylic acids is 2. The lowest BCUT2D eigenvalue weighted by Gasteiger charge is -2.23. The molecule has 2 aromatic carbocycles. The summed E-state index contributed by atoms with van der Waals surface area (Å²) in [7, 11) is -1.59. The van der Waals surface area contributed by atoms with Crippen molar-refractivity contribution in [2.24, 2.45) is 0 Å².